The quantitative estimate of drug-likeness (QED) is 0.232. The predicted molar refractivity (Wildman–Crippen MR) is 134 cm³/mol. The summed E-state index contributed by atoms with van der Waals surface area (Å²) in [6.07, 6.45) is 3.17. The second-order valence-corrected chi connectivity index (χ2v) is 9.35. The van der Waals surface area contributed by atoms with Gasteiger partial charge in [0.2, 0.25) is 0 Å². The highest BCUT2D eigenvalue weighted by Gasteiger charge is 2.35. The molecule has 1 saturated heterocycles. The minimum Gasteiger partial charge on any atom is -0.381 e. The first-order valence-electron chi connectivity index (χ1n) is 12.3. The van der Waals surface area contributed by atoms with Gasteiger partial charge in [0.15, 0.2) is 5.82 Å². The summed E-state index contributed by atoms with van der Waals surface area (Å²) < 4.78 is 31.1. The van der Waals surface area contributed by atoms with Gasteiger partial charge in [-0.25, -0.2) is 23.1 Å². The first-order valence-corrected chi connectivity index (χ1v) is 12.3. The van der Waals surface area contributed by atoms with Crippen LogP contribution in [-0.4, -0.2) is 82.6 Å². The number of non-ortho nitro benzene ring substituents is 1. The lowest BCUT2D eigenvalue weighted by Gasteiger charge is -2.36. The molecule has 0 spiro atoms. The van der Waals surface area contributed by atoms with Gasteiger partial charge in [-0.15, -0.1) is 5.10 Å². The fourth-order valence-corrected chi connectivity index (χ4v) is 4.72. The highest BCUT2D eigenvalue weighted by Crippen LogP contribution is 2.29. The van der Waals surface area contributed by atoms with Crippen LogP contribution in [0.1, 0.15) is 11.4 Å². The molecule has 1 N–H and O–H groups in total. The third kappa shape index (κ3) is 6.04. The Labute approximate surface area is 221 Å². The standard InChI is InChI=1S/C24H26F2N10O3/c25-18-1-6-21(22(26)13-18)24(37,14-34-17-27-16-28-34)15-35-23(29-30-31-35)7-8-32-9-11-33(12-10-32)19-2-4-20(5-3-19)36(38)39/h1-6,13,16-17,37H,7-12,14-15H2. The van der Waals surface area contributed by atoms with E-state index >= 15 is 0 Å². The van der Waals surface area contributed by atoms with E-state index in [1.807, 2.05) is 0 Å². The van der Waals surface area contributed by atoms with Crippen LogP contribution >= 0.6 is 0 Å². The first-order chi connectivity index (χ1) is 18.8. The van der Waals surface area contributed by atoms with Crippen molar-refractivity contribution < 1.29 is 18.8 Å². The van der Waals surface area contributed by atoms with E-state index in [4.69, 9.17) is 0 Å². The average Bonchev–Trinajstić information content (AvgIpc) is 3.59. The number of aliphatic hydroxyl groups is 1. The molecule has 39 heavy (non-hydrogen) atoms. The molecule has 1 aliphatic heterocycles. The van der Waals surface area contributed by atoms with Crippen LogP contribution in [0.5, 0.6) is 0 Å². The Morgan fingerprint density at radius 1 is 1.05 bits per heavy atom. The van der Waals surface area contributed by atoms with Gasteiger partial charge >= 0.3 is 0 Å². The Hall–Kier alpha value is -4.37. The number of rotatable bonds is 10. The van der Waals surface area contributed by atoms with E-state index in [1.165, 1.54) is 40.2 Å². The van der Waals surface area contributed by atoms with Gasteiger partial charge in [-0.2, -0.15) is 5.10 Å². The van der Waals surface area contributed by atoms with Crippen LogP contribution in [0.4, 0.5) is 20.2 Å². The van der Waals surface area contributed by atoms with Crippen LogP contribution in [0.25, 0.3) is 0 Å². The maximum atomic E-state index is 14.8. The molecule has 15 heteroatoms. The van der Waals surface area contributed by atoms with Crippen molar-refractivity contribution in [3.63, 3.8) is 0 Å². The molecular weight excluding hydrogens is 514 g/mol. The van der Waals surface area contributed by atoms with E-state index in [0.717, 1.165) is 44.0 Å². The topological polar surface area (TPSA) is 144 Å². The zero-order valence-electron chi connectivity index (χ0n) is 20.8. The molecule has 0 aliphatic carbocycles. The summed E-state index contributed by atoms with van der Waals surface area (Å²) in [4.78, 5) is 18.8. The van der Waals surface area contributed by atoms with Gasteiger partial charge in [-0.05, 0) is 28.6 Å². The molecule has 0 amide bonds. The molecule has 2 aromatic carbocycles. The SMILES string of the molecule is O=[N+]([O-])c1ccc(N2CCN(CCc3nnnn3CC(O)(Cn3cncn3)c3ccc(F)cc3F)CC2)cc1. The number of benzene rings is 2. The minimum atomic E-state index is -1.84. The molecular formula is C24H26F2N10O3. The fraction of sp³-hybridized carbons (Fsp3) is 0.375. The van der Waals surface area contributed by atoms with E-state index < -0.39 is 22.2 Å². The van der Waals surface area contributed by atoms with Crippen LogP contribution < -0.4 is 4.90 Å². The van der Waals surface area contributed by atoms with E-state index in [1.54, 1.807) is 12.1 Å². The van der Waals surface area contributed by atoms with Crippen molar-refractivity contribution in [2.75, 3.05) is 37.6 Å². The van der Waals surface area contributed by atoms with Crippen molar-refractivity contribution in [2.45, 2.75) is 25.1 Å². The van der Waals surface area contributed by atoms with Crippen LogP contribution in [0.2, 0.25) is 0 Å². The largest absolute Gasteiger partial charge is 0.381 e. The van der Waals surface area contributed by atoms with Crippen LogP contribution in [0.15, 0.2) is 55.1 Å². The zero-order chi connectivity index (χ0) is 27.4. The average molecular weight is 541 g/mol. The third-order valence-corrected chi connectivity index (χ3v) is 6.79. The van der Waals surface area contributed by atoms with Gasteiger partial charge in [-0.1, -0.05) is 6.07 Å². The second kappa shape index (κ2) is 11.2. The maximum Gasteiger partial charge on any atom is 0.269 e. The van der Waals surface area contributed by atoms with Gasteiger partial charge < -0.3 is 10.0 Å². The van der Waals surface area contributed by atoms with Crippen molar-refractivity contribution in [3.8, 4) is 0 Å². The third-order valence-electron chi connectivity index (χ3n) is 6.79. The summed E-state index contributed by atoms with van der Waals surface area (Å²) in [5.41, 5.74) is -0.955. The summed E-state index contributed by atoms with van der Waals surface area (Å²) >= 11 is 0. The van der Waals surface area contributed by atoms with Gasteiger partial charge in [0.25, 0.3) is 5.69 Å². The molecule has 5 rings (SSSR count). The lowest BCUT2D eigenvalue weighted by Crippen LogP contribution is -2.47. The van der Waals surface area contributed by atoms with E-state index in [-0.39, 0.29) is 24.3 Å². The Kier molecular flexibility index (Phi) is 7.51. The molecule has 2 aromatic heterocycles. The Bertz CT molecular complexity index is 1410. The number of aromatic nitrogens is 7. The maximum absolute atomic E-state index is 14.8. The van der Waals surface area contributed by atoms with Gasteiger partial charge in [0.1, 0.15) is 29.9 Å². The van der Waals surface area contributed by atoms with E-state index in [0.29, 0.717) is 18.8 Å². The molecule has 3 heterocycles. The highest BCUT2D eigenvalue weighted by molar-refractivity contribution is 5.51. The Morgan fingerprint density at radius 2 is 1.82 bits per heavy atom. The molecule has 0 saturated carbocycles. The van der Waals surface area contributed by atoms with E-state index in [2.05, 4.69) is 35.4 Å². The monoisotopic (exact) mass is 540 g/mol. The number of piperazine rings is 1. The minimum absolute atomic E-state index is 0.0606. The normalized spacial score (nSPS) is 15.8. The number of nitrogens with zero attached hydrogens (tertiary/aromatic N) is 10. The number of anilines is 1. The Balaban J connectivity index is 1.23. The molecule has 1 fully saturated rings. The summed E-state index contributed by atoms with van der Waals surface area (Å²) in [6, 6.07) is 9.53. The number of halogens is 2. The number of hydrogen-bond donors (Lipinski definition) is 1. The number of tetrazole rings is 1. The zero-order valence-corrected chi connectivity index (χ0v) is 20.8. The van der Waals surface area contributed by atoms with Crippen LogP contribution in [0, 0.1) is 21.7 Å². The summed E-state index contributed by atoms with van der Waals surface area (Å²) in [5, 5.41) is 38.4. The van der Waals surface area contributed by atoms with E-state index in [9.17, 15) is 24.0 Å². The van der Waals surface area contributed by atoms with Gasteiger partial charge in [-0.3, -0.25) is 15.0 Å². The van der Waals surface area contributed by atoms with Crippen molar-refractivity contribution in [3.05, 3.63) is 88.3 Å². The molecule has 1 atom stereocenters. The Morgan fingerprint density at radius 3 is 2.49 bits per heavy atom. The molecule has 1 unspecified atom stereocenters. The highest BCUT2D eigenvalue weighted by atomic mass is 19.1. The summed E-state index contributed by atoms with van der Waals surface area (Å²) in [6.45, 7) is 3.37. The van der Waals surface area contributed by atoms with Gasteiger partial charge in [0.05, 0.1) is 18.0 Å². The van der Waals surface area contributed by atoms with Crippen molar-refractivity contribution in [2.24, 2.45) is 0 Å². The number of hydrogen-bond acceptors (Lipinski definition) is 10. The van der Waals surface area contributed by atoms with Gasteiger partial charge in [0, 0.05) is 68.6 Å². The summed E-state index contributed by atoms with van der Waals surface area (Å²) in [5.74, 6) is -1.14. The first kappa shape index (κ1) is 26.2. The molecule has 13 nitrogen and oxygen atoms in total. The van der Waals surface area contributed by atoms with Crippen LogP contribution in [0.3, 0.4) is 0 Å². The molecule has 4 aromatic rings. The second-order valence-electron chi connectivity index (χ2n) is 9.35. The predicted octanol–water partition coefficient (Wildman–Crippen LogP) is 1.40. The molecule has 1 aliphatic rings. The fourth-order valence-electron chi connectivity index (χ4n) is 4.72. The van der Waals surface area contributed by atoms with Crippen molar-refractivity contribution >= 4 is 11.4 Å². The van der Waals surface area contributed by atoms with Crippen LogP contribution in [-0.2, 0) is 25.1 Å². The number of nitro groups is 1. The summed E-state index contributed by atoms with van der Waals surface area (Å²) in [7, 11) is 0. The number of nitro benzene ring substituents is 1. The molecule has 0 radical (unpaired) electrons. The molecule has 204 valence electrons. The lowest BCUT2D eigenvalue weighted by atomic mass is 9.92. The van der Waals surface area contributed by atoms with Crippen molar-refractivity contribution in [1.29, 1.82) is 0 Å². The van der Waals surface area contributed by atoms with Crippen molar-refractivity contribution in [1.82, 2.24) is 39.9 Å². The smallest absolute Gasteiger partial charge is 0.269 e. The molecule has 0 bridgehead atoms. The lowest BCUT2D eigenvalue weighted by molar-refractivity contribution is -0.384.